The fraction of sp³-hybridized carbons (Fsp3) is 0.632. The van der Waals surface area contributed by atoms with Crippen LogP contribution >= 0.6 is 33.2 Å². The number of phenolic OH excluding ortho intramolecular Hbond substituents is 1. The molecule has 0 radical (unpaired) electrons. The minimum Gasteiger partial charge on any atom is -0.506 e. The molecule has 0 saturated carbocycles. The van der Waals surface area contributed by atoms with Gasteiger partial charge in [0, 0.05) is 189 Å². The number of aliphatic hydroxyl groups excluding tert-OH is 1. The number of aromatic amines is 1. The molecule has 2 aromatic carbocycles. The Bertz CT molecular complexity index is 3250. The summed E-state index contributed by atoms with van der Waals surface area (Å²) in [5.74, 6) is -11.4. The molecule has 17 N–H and O–H groups in total. The maximum absolute atomic E-state index is 15.2. The number of aliphatic carboxylic acids is 1. The van der Waals surface area contributed by atoms with Gasteiger partial charge in [-0.15, -0.1) is 0 Å². The number of ketones is 4. The van der Waals surface area contributed by atoms with E-state index in [2.05, 4.69) is 63.5 Å². The number of halogens is 1. The van der Waals surface area contributed by atoms with Gasteiger partial charge in [-0.25, -0.2) is 0 Å². The van der Waals surface area contributed by atoms with Crippen LogP contribution in [0.25, 0.3) is 10.9 Å². The number of carboxylic acid groups (broad SMARTS) is 1. The first-order valence-electron chi connectivity index (χ1n) is 34.4. The van der Waals surface area contributed by atoms with Gasteiger partial charge in [-0.2, -0.15) is 0 Å². The predicted molar refractivity (Wildman–Crippen MR) is 378 cm³/mol. The van der Waals surface area contributed by atoms with Gasteiger partial charge in [0.15, 0.2) is 23.1 Å². The summed E-state index contributed by atoms with van der Waals surface area (Å²) in [6.45, 7) is 11.3. The third-order valence-corrected chi connectivity index (χ3v) is 21.1. The zero-order valence-electron chi connectivity index (χ0n) is 56.9. The number of H-pyrrole nitrogens is 1. The van der Waals surface area contributed by atoms with Crippen LogP contribution in [0.15, 0.2) is 48.7 Å². The first-order valence-corrected chi connectivity index (χ1v) is 37.3. The molecule has 6 heterocycles. The van der Waals surface area contributed by atoms with Crippen LogP contribution in [0.2, 0.25) is 5.02 Å². The van der Waals surface area contributed by atoms with Crippen LogP contribution in [0.3, 0.4) is 0 Å². The van der Waals surface area contributed by atoms with Crippen molar-refractivity contribution >= 4 is 109 Å². The van der Waals surface area contributed by atoms with Crippen molar-refractivity contribution in [3.05, 3.63) is 64.8 Å². The minimum absolute atomic E-state index is 0.0283. The van der Waals surface area contributed by atoms with Gasteiger partial charge in [0.1, 0.15) is 11.8 Å². The number of hydrogen-bond donors (Lipinski definition) is 16. The molecule has 5 aliphatic heterocycles. The number of carbonyl (C=O) groups is 11. The number of amides is 6. The topological polar surface area (TPSA) is 426 Å². The van der Waals surface area contributed by atoms with Crippen molar-refractivity contribution in [2.24, 2.45) is 29.4 Å². The van der Waals surface area contributed by atoms with Crippen molar-refractivity contribution in [2.75, 3.05) is 103 Å². The lowest BCUT2D eigenvalue weighted by Crippen LogP contribution is -2.67. The van der Waals surface area contributed by atoms with Crippen molar-refractivity contribution in [1.29, 1.82) is 0 Å². The molecule has 2 bridgehead atoms. The number of carbonyl (C=O) groups excluding carboxylic acids is 10. The van der Waals surface area contributed by atoms with Gasteiger partial charge in [0.25, 0.3) is 0 Å². The molecule has 6 amide bonds. The Morgan fingerprint density at radius 1 is 0.798 bits per heavy atom. The van der Waals surface area contributed by atoms with Crippen LogP contribution in [0.5, 0.6) is 5.75 Å². The molecule has 0 spiro atoms. The van der Waals surface area contributed by atoms with Crippen molar-refractivity contribution in [2.45, 2.75) is 146 Å². The lowest BCUT2D eigenvalue weighted by molar-refractivity contribution is -0.142. The predicted octanol–water partition coefficient (Wildman–Crippen LogP) is 0.143. The average molecular weight is 1440 g/mol. The molecule has 8 rings (SSSR count). The lowest BCUT2D eigenvalue weighted by Gasteiger charge is -2.37. The van der Waals surface area contributed by atoms with Crippen LogP contribution in [0.4, 0.5) is 0 Å². The molecule has 5 aliphatic rings. The van der Waals surface area contributed by atoms with Gasteiger partial charge < -0.3 is 89.4 Å². The van der Waals surface area contributed by atoms with Gasteiger partial charge >= 0.3 is 5.97 Å². The van der Waals surface area contributed by atoms with E-state index in [0.717, 1.165) is 37.4 Å². The third kappa shape index (κ3) is 25.5. The highest BCUT2D eigenvalue weighted by Gasteiger charge is 2.44. The third-order valence-electron chi connectivity index (χ3n) is 18.3. The molecule has 0 unspecified atom stereocenters. The molecule has 28 nitrogen and oxygen atoms in total. The second-order valence-corrected chi connectivity index (χ2v) is 30.1. The highest BCUT2D eigenvalue weighted by molar-refractivity contribution is 8.76. The van der Waals surface area contributed by atoms with Crippen LogP contribution in [-0.4, -0.2) is 234 Å². The standard InChI is InChI=1S/C68H101ClN14O14S2/c1-4-56(86)53-33-98-99-34-54(66(97)83-32-48(85)29-55(83)59(89)28-45(23-42-12-14-57(87)50(69)24-42)63(94)78-31-47(84)25-44(22-41(2)3)65(96)80-53)81-64(95)43(13-15-62(92)93)27-58(88)52(26-46-30-77-51-9-6-5-8-49(46)51)79-60(90)10-7-11-61(91)82-68-38-74-19-16-71-35-67(70,36-72-17-20-75-39-68)37-73-18-21-76-40-68/h5-6,8-9,12,14,24,30,41,43-45,48,52-55,71-77,85,87H,4,7,10-11,13,15-23,25-29,31-40,70H2,1-3H3,(H,78,94)(H,79,90)(H,80,96)(H,81,95)(H,82,91)(H,92,93)/t43-,44+,45+,48+,52-,53-,54-,55-,67-,68+/m0/s1. The maximum atomic E-state index is 15.2. The number of nitrogens with one attached hydrogen (secondary N) is 12. The summed E-state index contributed by atoms with van der Waals surface area (Å²) in [5, 5.41) is 67.4. The normalized spacial score (nSPS) is 25.6. The number of aliphatic hydroxyl groups is 1. The fourth-order valence-corrected chi connectivity index (χ4v) is 15.5. The van der Waals surface area contributed by atoms with Crippen molar-refractivity contribution in [1.82, 2.24) is 68.4 Å². The van der Waals surface area contributed by atoms with Crippen molar-refractivity contribution < 1.29 is 68.1 Å². The Balaban J connectivity index is 1.12. The Morgan fingerprint density at radius 2 is 1.43 bits per heavy atom. The van der Waals surface area contributed by atoms with E-state index < -0.39 is 144 Å². The molecule has 5 saturated heterocycles. The van der Waals surface area contributed by atoms with E-state index in [4.69, 9.17) is 17.3 Å². The van der Waals surface area contributed by atoms with Gasteiger partial charge in [-0.1, -0.05) is 78.2 Å². The number of para-hydroxylation sites is 1. The maximum Gasteiger partial charge on any atom is 0.303 e. The first-order chi connectivity index (χ1) is 47.3. The van der Waals surface area contributed by atoms with E-state index in [1.165, 1.54) is 18.2 Å². The molecule has 99 heavy (non-hydrogen) atoms. The second-order valence-electron chi connectivity index (χ2n) is 27.1. The van der Waals surface area contributed by atoms with Gasteiger partial charge in [0.2, 0.25) is 35.4 Å². The number of aromatic nitrogens is 1. The summed E-state index contributed by atoms with van der Waals surface area (Å²) in [6.07, 6.45) is -2.21. The Hall–Kier alpha value is -6.58. The SMILES string of the molecule is CCC(=O)[C@@H]1CSSC[C@H](NC(=O)[C@@H](CCC(=O)O)CC(=O)[C@H](Cc2c[nH]c3ccccc23)NC(=O)CCCC(=O)N[C@]23CNCCNC[C@](N)(CNCCNC2)CNCCNC3)C(=O)N2C[C@H](O)C[C@H]2C(=O)C[C@@H](Cc2ccc(O)c(Cl)c2)C(=O)NCC(=O)C[C@@H](CC(C)C)C(=O)N1. The smallest absolute Gasteiger partial charge is 0.303 e. The number of nitrogens with two attached hydrogens (primary N) is 1. The minimum atomic E-state index is -1.53. The Labute approximate surface area is 590 Å². The number of Topliss-reactive ketones (excluding diaryl/α,β-unsaturated/α-hetero) is 4. The molecule has 3 aromatic rings. The number of benzene rings is 2. The molecule has 546 valence electrons. The van der Waals surface area contributed by atoms with E-state index in [1.807, 2.05) is 38.1 Å². The number of carboxylic acids is 1. The van der Waals surface area contributed by atoms with E-state index >= 15 is 4.79 Å². The van der Waals surface area contributed by atoms with E-state index in [1.54, 1.807) is 13.1 Å². The lowest BCUT2D eigenvalue weighted by atomic mass is 9.89. The average Bonchev–Trinajstić information content (AvgIpc) is 1.69. The number of phenols is 1. The molecular formula is C68H101ClN14O14S2. The summed E-state index contributed by atoms with van der Waals surface area (Å²) in [5.41, 5.74) is 7.35. The van der Waals surface area contributed by atoms with E-state index in [-0.39, 0.29) is 104 Å². The van der Waals surface area contributed by atoms with E-state index in [9.17, 15) is 63.3 Å². The van der Waals surface area contributed by atoms with Gasteiger partial charge in [-0.3, -0.25) is 52.7 Å². The fourth-order valence-electron chi connectivity index (χ4n) is 13.0. The first kappa shape index (κ1) is 79.7. The summed E-state index contributed by atoms with van der Waals surface area (Å²) >= 11 is 6.26. The Morgan fingerprint density at radius 3 is 2.07 bits per heavy atom. The molecule has 1 aromatic heterocycles. The number of hydrogen-bond acceptors (Lipinski definition) is 22. The Kier molecular flexibility index (Phi) is 31.9. The second kappa shape index (κ2) is 39.6. The van der Waals surface area contributed by atoms with Gasteiger partial charge in [-0.05, 0) is 60.9 Å². The quantitative estimate of drug-likeness (QED) is 0.0595. The molecule has 8 atom stereocenters. The molecule has 0 aliphatic carbocycles. The van der Waals surface area contributed by atoms with Crippen LogP contribution in [-0.2, 0) is 65.6 Å². The van der Waals surface area contributed by atoms with Crippen molar-refractivity contribution in [3.8, 4) is 5.75 Å². The number of nitrogens with zero attached hydrogens (tertiary/aromatic N) is 1. The summed E-state index contributed by atoms with van der Waals surface area (Å²) < 4.78 is 0. The summed E-state index contributed by atoms with van der Waals surface area (Å²) in [4.78, 5) is 160. The molecular weight excluding hydrogens is 1340 g/mol. The zero-order chi connectivity index (χ0) is 71.7. The molecule has 31 heteroatoms. The monoisotopic (exact) mass is 1440 g/mol. The summed E-state index contributed by atoms with van der Waals surface area (Å²) in [7, 11) is 2.14. The van der Waals surface area contributed by atoms with Crippen molar-refractivity contribution in [3.63, 3.8) is 0 Å². The van der Waals surface area contributed by atoms with Crippen LogP contribution < -0.4 is 64.2 Å². The zero-order valence-corrected chi connectivity index (χ0v) is 59.3. The van der Waals surface area contributed by atoms with E-state index in [0.29, 0.717) is 89.7 Å². The van der Waals surface area contributed by atoms with Crippen LogP contribution in [0.1, 0.15) is 103 Å². The highest BCUT2D eigenvalue weighted by atomic mass is 35.5. The van der Waals surface area contributed by atoms with Crippen LogP contribution in [0, 0.1) is 23.7 Å². The number of aromatic hydroxyl groups is 1. The largest absolute Gasteiger partial charge is 0.506 e. The summed E-state index contributed by atoms with van der Waals surface area (Å²) in [6, 6.07) is 6.35. The number of rotatable bonds is 22. The van der Waals surface area contributed by atoms with Gasteiger partial charge in [0.05, 0.1) is 46.9 Å². The number of fused-ring (bicyclic) bond motifs is 17. The highest BCUT2D eigenvalue weighted by Crippen LogP contribution is 2.31. The molecule has 5 fully saturated rings.